The number of carbonyl (C=O) groups is 1. The fraction of sp³-hybridized carbons (Fsp3) is 0.679. The van der Waals surface area contributed by atoms with Crippen LogP contribution in [-0.2, 0) is 31.5 Å². The van der Waals surface area contributed by atoms with Crippen LogP contribution in [0.4, 0.5) is 0 Å². The third-order valence-electron chi connectivity index (χ3n) is 11.2. The molecule has 9 heteroatoms. The Balaban J connectivity index is 1.34. The summed E-state index contributed by atoms with van der Waals surface area (Å²) in [5, 5.41) is 0. The van der Waals surface area contributed by atoms with Gasteiger partial charge in [-0.2, -0.15) is 16.8 Å². The molecule has 5 unspecified atom stereocenters. The lowest BCUT2D eigenvalue weighted by molar-refractivity contribution is -0.131. The zero-order chi connectivity index (χ0) is 27.2. The van der Waals surface area contributed by atoms with Gasteiger partial charge >= 0.3 is 0 Å². The fourth-order valence-electron chi connectivity index (χ4n) is 8.98. The number of hydrogen-bond donors (Lipinski definition) is 2. The summed E-state index contributed by atoms with van der Waals surface area (Å²) in [5.74, 6) is -0.638. The second kappa shape index (κ2) is 8.23. The molecule has 2 N–H and O–H groups in total. The van der Waals surface area contributed by atoms with Crippen LogP contribution in [0.25, 0.3) is 6.08 Å². The Morgan fingerprint density at radius 3 is 2.11 bits per heavy atom. The molecule has 0 aromatic heterocycles. The summed E-state index contributed by atoms with van der Waals surface area (Å²) >= 11 is 0. The second-order valence-corrected chi connectivity index (χ2v) is 16.2. The van der Waals surface area contributed by atoms with Gasteiger partial charge in [-0.1, -0.05) is 63.6 Å². The molecule has 4 saturated carbocycles. The normalized spacial score (nSPS) is 37.1. The van der Waals surface area contributed by atoms with E-state index in [1.807, 2.05) is 38.1 Å². The van der Waals surface area contributed by atoms with Gasteiger partial charge in [0.1, 0.15) is 5.78 Å². The lowest BCUT2D eigenvalue weighted by atomic mass is 9.70. The Kier molecular flexibility index (Phi) is 6.01. The van der Waals surface area contributed by atoms with Crippen molar-refractivity contribution in [3.05, 3.63) is 41.0 Å². The summed E-state index contributed by atoms with van der Waals surface area (Å²) in [6, 6.07) is 8.07. The second-order valence-electron chi connectivity index (χ2n) is 13.3. The van der Waals surface area contributed by atoms with Gasteiger partial charge in [-0.05, 0) is 77.7 Å². The van der Waals surface area contributed by atoms with E-state index in [2.05, 4.69) is 19.9 Å². The molecule has 1 aromatic carbocycles. The topological polar surface area (TPSA) is 126 Å². The highest BCUT2D eigenvalue weighted by atomic mass is 32.2. The molecule has 4 fully saturated rings. The summed E-state index contributed by atoms with van der Waals surface area (Å²) in [6.45, 7) is 8.16. The summed E-state index contributed by atoms with van der Waals surface area (Å²) in [6.07, 6.45) is 6.35. The maximum absolute atomic E-state index is 13.5. The Morgan fingerprint density at radius 2 is 1.51 bits per heavy atom. The lowest BCUT2D eigenvalue weighted by Crippen LogP contribution is -2.43. The predicted molar refractivity (Wildman–Crippen MR) is 142 cm³/mol. The molecule has 0 heterocycles. The molecule has 37 heavy (non-hydrogen) atoms. The smallest absolute Gasteiger partial charge is 0.265 e. The average Bonchev–Trinajstić information content (AvgIpc) is 3.26. The van der Waals surface area contributed by atoms with Gasteiger partial charge in [0.2, 0.25) is 0 Å². The minimum Gasteiger partial charge on any atom is -0.299 e. The van der Waals surface area contributed by atoms with Crippen LogP contribution in [0, 0.1) is 39.4 Å². The highest BCUT2D eigenvalue weighted by Crippen LogP contribution is 2.69. The van der Waals surface area contributed by atoms with Crippen molar-refractivity contribution in [2.75, 3.05) is 11.5 Å². The van der Waals surface area contributed by atoms with Crippen LogP contribution >= 0.6 is 0 Å². The zero-order valence-electron chi connectivity index (χ0n) is 22.0. The number of allylic oxidation sites excluding steroid dienone is 1. The molecule has 0 amide bonds. The van der Waals surface area contributed by atoms with Crippen LogP contribution in [0.2, 0.25) is 0 Å². The van der Waals surface area contributed by atoms with Crippen molar-refractivity contribution in [2.24, 2.45) is 39.4 Å². The number of ketones is 1. The Labute approximate surface area is 220 Å². The van der Waals surface area contributed by atoms with Gasteiger partial charge < -0.3 is 0 Å². The highest BCUT2D eigenvalue weighted by molar-refractivity contribution is 7.86. The molecule has 0 saturated heterocycles. The van der Waals surface area contributed by atoms with Crippen LogP contribution < -0.4 is 0 Å². The van der Waals surface area contributed by atoms with Crippen molar-refractivity contribution < 1.29 is 30.7 Å². The summed E-state index contributed by atoms with van der Waals surface area (Å²) in [4.78, 5) is 13.5. The highest BCUT2D eigenvalue weighted by Gasteiger charge is 2.69. The largest absolute Gasteiger partial charge is 0.299 e. The molecule has 204 valence electrons. The lowest BCUT2D eigenvalue weighted by Gasteiger charge is -2.36. The minimum atomic E-state index is -4.27. The Hall–Kier alpha value is -1.55. The van der Waals surface area contributed by atoms with Crippen molar-refractivity contribution in [2.45, 2.75) is 66.2 Å². The van der Waals surface area contributed by atoms with E-state index in [0.717, 1.165) is 30.4 Å². The SMILES string of the molecule is CC1(C)C2CCC1(CS(=O)(=O)O)C/C2=C\c1ccc(CC2C(=O)C3(CS(=O)(=O)O)CCC2C3(C)C)cc1. The first-order chi connectivity index (χ1) is 16.9. The van der Waals surface area contributed by atoms with Crippen molar-refractivity contribution >= 4 is 32.1 Å². The van der Waals surface area contributed by atoms with Gasteiger partial charge in [-0.25, -0.2) is 0 Å². The first-order valence-electron chi connectivity index (χ1n) is 13.1. The van der Waals surface area contributed by atoms with E-state index in [0.29, 0.717) is 19.3 Å². The first kappa shape index (κ1) is 27.0. The standard InChI is InChI=1S/C28H38O7S2/c1-25(2)22-9-11-27(25,16-36(30,31)32)15-20(22)13-18-5-7-19(8-6-18)14-21-23-10-12-28(24(21)29,26(23,3)4)17-37(33,34)35/h5-8,13,21-23H,9-12,14-17H2,1-4H3,(H,30,31,32)(H,33,34,35)/b20-13+. The van der Waals surface area contributed by atoms with Gasteiger partial charge in [-0.3, -0.25) is 13.9 Å². The van der Waals surface area contributed by atoms with Crippen molar-refractivity contribution in [1.82, 2.24) is 0 Å². The number of hydrogen-bond acceptors (Lipinski definition) is 5. The molecule has 4 aliphatic rings. The number of rotatable bonds is 7. The van der Waals surface area contributed by atoms with Crippen LogP contribution in [-0.4, -0.2) is 43.2 Å². The van der Waals surface area contributed by atoms with Gasteiger partial charge in [0, 0.05) is 5.92 Å². The first-order valence-corrected chi connectivity index (χ1v) is 16.4. The molecular formula is C28H38O7S2. The summed E-state index contributed by atoms with van der Waals surface area (Å²) in [7, 11) is -8.34. The molecule has 5 atom stereocenters. The Morgan fingerprint density at radius 1 is 0.892 bits per heavy atom. The third kappa shape index (κ3) is 4.15. The Bertz CT molecular complexity index is 1370. The van der Waals surface area contributed by atoms with Crippen molar-refractivity contribution in [3.63, 3.8) is 0 Å². The molecule has 0 radical (unpaired) electrons. The van der Waals surface area contributed by atoms with E-state index >= 15 is 0 Å². The van der Waals surface area contributed by atoms with Crippen LogP contribution in [0.15, 0.2) is 29.8 Å². The molecule has 5 rings (SSSR count). The molecule has 4 aliphatic carbocycles. The van der Waals surface area contributed by atoms with E-state index < -0.39 is 42.2 Å². The van der Waals surface area contributed by atoms with Crippen molar-refractivity contribution in [3.8, 4) is 0 Å². The van der Waals surface area contributed by atoms with E-state index in [-0.39, 0.29) is 34.7 Å². The van der Waals surface area contributed by atoms with E-state index in [4.69, 9.17) is 0 Å². The van der Waals surface area contributed by atoms with Crippen LogP contribution in [0.5, 0.6) is 0 Å². The van der Waals surface area contributed by atoms with Gasteiger partial charge in [0.05, 0.1) is 16.9 Å². The monoisotopic (exact) mass is 550 g/mol. The minimum absolute atomic E-state index is 0.0362. The molecule has 4 bridgehead atoms. The number of fused-ring (bicyclic) bond motifs is 4. The summed E-state index contributed by atoms with van der Waals surface area (Å²) in [5.41, 5.74) is 1.11. The maximum atomic E-state index is 13.5. The van der Waals surface area contributed by atoms with Crippen LogP contribution in [0.3, 0.4) is 0 Å². The van der Waals surface area contributed by atoms with Gasteiger partial charge in [0.25, 0.3) is 20.2 Å². The molecular weight excluding hydrogens is 512 g/mol. The van der Waals surface area contributed by atoms with Crippen molar-refractivity contribution in [1.29, 1.82) is 0 Å². The van der Waals surface area contributed by atoms with E-state index in [1.54, 1.807) is 0 Å². The number of benzene rings is 1. The number of carbonyl (C=O) groups excluding carboxylic acids is 1. The van der Waals surface area contributed by atoms with Gasteiger partial charge in [0.15, 0.2) is 0 Å². The molecule has 0 spiro atoms. The summed E-state index contributed by atoms with van der Waals surface area (Å²) < 4.78 is 66.3. The van der Waals surface area contributed by atoms with Crippen LogP contribution in [0.1, 0.15) is 70.9 Å². The third-order valence-corrected chi connectivity index (χ3v) is 12.9. The quantitative estimate of drug-likeness (QED) is 0.466. The fourth-order valence-corrected chi connectivity index (χ4v) is 11.6. The predicted octanol–water partition coefficient (Wildman–Crippen LogP) is 4.84. The maximum Gasteiger partial charge on any atom is 0.265 e. The molecule has 7 nitrogen and oxygen atoms in total. The number of Topliss-reactive ketones (excluding diaryl/α,β-unsaturated/α-hetero) is 1. The van der Waals surface area contributed by atoms with E-state index in [9.17, 15) is 30.7 Å². The van der Waals surface area contributed by atoms with Gasteiger partial charge in [-0.15, -0.1) is 0 Å². The zero-order valence-corrected chi connectivity index (χ0v) is 23.7. The van der Waals surface area contributed by atoms with E-state index in [1.165, 1.54) is 5.57 Å². The molecule has 1 aromatic rings. The molecule has 0 aliphatic heterocycles. The average molecular weight is 551 g/mol.